The Hall–Kier alpha value is -3.76. The van der Waals surface area contributed by atoms with Gasteiger partial charge >= 0.3 is 18.0 Å². The number of carbonyl (C=O) groups is 4. The molecule has 3 amide bonds. The molecule has 0 radical (unpaired) electrons. The number of hydrogen-bond acceptors (Lipinski definition) is 8. The number of rotatable bonds is 8. The zero-order valence-electron chi connectivity index (χ0n) is 17.0. The van der Waals surface area contributed by atoms with Crippen LogP contribution < -0.4 is 25.4 Å². The maximum atomic E-state index is 12.7. The summed E-state index contributed by atoms with van der Waals surface area (Å²) in [5, 5.41) is 7.42. The van der Waals surface area contributed by atoms with Crippen LogP contribution in [0.15, 0.2) is 23.4 Å². The molecule has 1 aliphatic heterocycles. The summed E-state index contributed by atoms with van der Waals surface area (Å²) in [5.41, 5.74) is 0.395. The Morgan fingerprint density at radius 1 is 1.07 bits per heavy atom. The summed E-state index contributed by atoms with van der Waals surface area (Å²) in [6, 6.07) is 2.24. The van der Waals surface area contributed by atoms with E-state index in [9.17, 15) is 19.2 Å². The second-order valence-corrected chi connectivity index (χ2v) is 6.00. The van der Waals surface area contributed by atoms with Gasteiger partial charge in [-0.25, -0.2) is 14.4 Å². The van der Waals surface area contributed by atoms with E-state index in [1.54, 1.807) is 6.92 Å². The Balaban J connectivity index is 2.30. The molecule has 0 spiro atoms. The van der Waals surface area contributed by atoms with Crippen molar-refractivity contribution in [2.45, 2.75) is 13.8 Å². The fourth-order valence-electron chi connectivity index (χ4n) is 2.63. The normalized spacial score (nSPS) is 13.0. The van der Waals surface area contributed by atoms with Gasteiger partial charge in [0.15, 0.2) is 11.5 Å². The monoisotopic (exact) mass is 421 g/mol. The molecule has 162 valence electrons. The van der Waals surface area contributed by atoms with Gasteiger partial charge in [0.2, 0.25) is 5.91 Å². The predicted molar refractivity (Wildman–Crippen MR) is 104 cm³/mol. The molecule has 0 aromatic heterocycles. The Bertz CT molecular complexity index is 894. The third kappa shape index (κ3) is 5.40. The molecule has 0 saturated carbocycles. The fourth-order valence-corrected chi connectivity index (χ4v) is 2.63. The highest BCUT2D eigenvalue weighted by atomic mass is 16.5. The topological polar surface area (TPSA) is 141 Å². The molecule has 11 heteroatoms. The molecule has 1 aliphatic rings. The molecule has 30 heavy (non-hydrogen) atoms. The van der Waals surface area contributed by atoms with Crippen LogP contribution in [0.5, 0.6) is 11.5 Å². The summed E-state index contributed by atoms with van der Waals surface area (Å²) in [6.07, 6.45) is 0. The molecule has 1 aromatic rings. The molecule has 0 atom stereocenters. The third-order valence-corrected chi connectivity index (χ3v) is 3.98. The van der Waals surface area contributed by atoms with Gasteiger partial charge in [0.05, 0.1) is 49.9 Å². The molecular formula is C19H23N3O8. The van der Waals surface area contributed by atoms with E-state index in [-0.39, 0.29) is 41.4 Å². The lowest BCUT2D eigenvalue weighted by Crippen LogP contribution is -2.45. The molecule has 0 bridgehead atoms. The molecule has 0 fully saturated rings. The number of hydrogen-bond donors (Lipinski definition) is 3. The van der Waals surface area contributed by atoms with Gasteiger partial charge in [-0.05, 0) is 6.92 Å². The summed E-state index contributed by atoms with van der Waals surface area (Å²) in [4.78, 5) is 47.9. The molecule has 1 heterocycles. The highest BCUT2D eigenvalue weighted by molar-refractivity contribution is 6.02. The van der Waals surface area contributed by atoms with Gasteiger partial charge in [-0.1, -0.05) is 0 Å². The fraction of sp³-hybridized carbons (Fsp3) is 0.368. The van der Waals surface area contributed by atoms with Crippen LogP contribution in [0.1, 0.15) is 24.2 Å². The van der Waals surface area contributed by atoms with E-state index in [1.807, 2.05) is 0 Å². The number of anilines is 1. The first kappa shape index (κ1) is 22.5. The highest BCUT2D eigenvalue weighted by Gasteiger charge is 2.26. The van der Waals surface area contributed by atoms with Gasteiger partial charge in [-0.2, -0.15) is 0 Å². The Labute approximate surface area is 172 Å². The van der Waals surface area contributed by atoms with Gasteiger partial charge in [0, 0.05) is 19.1 Å². The van der Waals surface area contributed by atoms with Gasteiger partial charge in [0.1, 0.15) is 6.61 Å². The average molecular weight is 421 g/mol. The number of methoxy groups -OCH3 is 2. The van der Waals surface area contributed by atoms with E-state index in [0.29, 0.717) is 5.75 Å². The number of benzene rings is 1. The van der Waals surface area contributed by atoms with E-state index in [0.717, 1.165) is 0 Å². The van der Waals surface area contributed by atoms with Gasteiger partial charge in [-0.3, -0.25) is 4.79 Å². The first-order valence-corrected chi connectivity index (χ1v) is 8.95. The number of esters is 2. The number of carbonyl (C=O) groups excluding carboxylic acids is 4. The van der Waals surface area contributed by atoms with Crippen molar-refractivity contribution in [3.63, 3.8) is 0 Å². The summed E-state index contributed by atoms with van der Waals surface area (Å²) >= 11 is 0. The minimum absolute atomic E-state index is 0.00129. The van der Waals surface area contributed by atoms with Crippen molar-refractivity contribution in [3.8, 4) is 11.5 Å². The van der Waals surface area contributed by atoms with Crippen LogP contribution in [0.25, 0.3) is 0 Å². The van der Waals surface area contributed by atoms with E-state index >= 15 is 0 Å². The van der Waals surface area contributed by atoms with Crippen molar-refractivity contribution >= 4 is 29.6 Å². The van der Waals surface area contributed by atoms with Crippen LogP contribution >= 0.6 is 0 Å². The molecule has 1 aromatic carbocycles. The number of amides is 3. The van der Waals surface area contributed by atoms with E-state index < -0.39 is 30.5 Å². The zero-order valence-corrected chi connectivity index (χ0v) is 17.0. The minimum Gasteiger partial charge on any atom is -0.493 e. The van der Waals surface area contributed by atoms with Crippen LogP contribution in [-0.4, -0.2) is 57.9 Å². The van der Waals surface area contributed by atoms with E-state index in [1.165, 1.54) is 33.3 Å². The van der Waals surface area contributed by atoms with Crippen molar-refractivity contribution in [2.75, 3.05) is 39.3 Å². The zero-order chi connectivity index (χ0) is 22.3. The van der Waals surface area contributed by atoms with Gasteiger partial charge in [-0.15, -0.1) is 0 Å². The van der Waals surface area contributed by atoms with Crippen molar-refractivity contribution in [2.24, 2.45) is 0 Å². The van der Waals surface area contributed by atoms with Crippen molar-refractivity contribution in [1.82, 2.24) is 10.6 Å². The second kappa shape index (κ2) is 10.1. The maximum absolute atomic E-state index is 12.7. The van der Waals surface area contributed by atoms with Crippen LogP contribution in [0.4, 0.5) is 10.5 Å². The average Bonchev–Trinajstić information content (AvgIpc) is 2.71. The first-order chi connectivity index (χ1) is 14.3. The molecule has 3 N–H and O–H groups in total. The Kier molecular flexibility index (Phi) is 7.62. The van der Waals surface area contributed by atoms with E-state index in [4.69, 9.17) is 18.9 Å². The predicted octanol–water partition coefficient (Wildman–Crippen LogP) is 0.949. The smallest absolute Gasteiger partial charge is 0.340 e. The van der Waals surface area contributed by atoms with Crippen LogP contribution in [0.3, 0.4) is 0 Å². The van der Waals surface area contributed by atoms with Crippen LogP contribution in [0.2, 0.25) is 0 Å². The number of urea groups is 1. The van der Waals surface area contributed by atoms with Crippen molar-refractivity contribution in [1.29, 1.82) is 0 Å². The van der Waals surface area contributed by atoms with Crippen LogP contribution in [-0.2, 0) is 19.1 Å². The second-order valence-electron chi connectivity index (χ2n) is 6.00. The lowest BCUT2D eigenvalue weighted by Gasteiger charge is -2.21. The number of nitrogens with one attached hydrogen (secondary N) is 3. The van der Waals surface area contributed by atoms with Gasteiger partial charge < -0.3 is 34.9 Å². The largest absolute Gasteiger partial charge is 0.493 e. The summed E-state index contributed by atoms with van der Waals surface area (Å²) < 4.78 is 20.6. The molecular weight excluding hydrogens is 398 g/mol. The first-order valence-electron chi connectivity index (χ1n) is 8.95. The summed E-state index contributed by atoms with van der Waals surface area (Å²) in [5.74, 6) is -1.31. The SMILES string of the molecule is CCOC(=O)C1=C(COC(=O)c2cc(OC)c(OC)cc2NC(C)=O)NC(=O)NC1. The Morgan fingerprint density at radius 2 is 1.73 bits per heavy atom. The molecule has 0 aliphatic carbocycles. The molecule has 0 unspecified atom stereocenters. The summed E-state index contributed by atoms with van der Waals surface area (Å²) in [6.45, 7) is 2.62. The van der Waals surface area contributed by atoms with Crippen LogP contribution in [0, 0.1) is 0 Å². The van der Waals surface area contributed by atoms with Gasteiger partial charge in [0.25, 0.3) is 0 Å². The summed E-state index contributed by atoms with van der Waals surface area (Å²) in [7, 11) is 2.81. The molecule has 2 rings (SSSR count). The van der Waals surface area contributed by atoms with Crippen molar-refractivity contribution < 1.29 is 38.1 Å². The highest BCUT2D eigenvalue weighted by Crippen LogP contribution is 2.34. The lowest BCUT2D eigenvalue weighted by atomic mass is 10.1. The third-order valence-electron chi connectivity index (χ3n) is 3.98. The molecule has 11 nitrogen and oxygen atoms in total. The number of ether oxygens (including phenoxy) is 4. The minimum atomic E-state index is -0.816. The maximum Gasteiger partial charge on any atom is 0.340 e. The standard InChI is InChI=1S/C19H23N3O8/c1-5-29-18(25)12-8-20-19(26)22-14(12)9-30-17(24)11-6-15(27-3)16(28-4)7-13(11)21-10(2)23/h6-7H,5,8-9H2,1-4H3,(H,21,23)(H2,20,22,26). The van der Waals surface area contributed by atoms with Crippen molar-refractivity contribution in [3.05, 3.63) is 29.0 Å². The Morgan fingerprint density at radius 3 is 2.33 bits per heavy atom. The molecule has 0 saturated heterocycles. The van der Waals surface area contributed by atoms with E-state index in [2.05, 4.69) is 16.0 Å². The quantitative estimate of drug-likeness (QED) is 0.527. The lowest BCUT2D eigenvalue weighted by molar-refractivity contribution is -0.138.